The van der Waals surface area contributed by atoms with E-state index >= 15 is 0 Å². The molecule has 0 aliphatic carbocycles. The Hall–Kier alpha value is -2.96. The molecule has 0 unspecified atom stereocenters. The highest BCUT2D eigenvalue weighted by molar-refractivity contribution is 5.79. The van der Waals surface area contributed by atoms with Gasteiger partial charge in [0, 0.05) is 32.6 Å². The minimum atomic E-state index is -0.442. The first-order chi connectivity index (χ1) is 14.5. The lowest BCUT2D eigenvalue weighted by Crippen LogP contribution is -2.38. The highest BCUT2D eigenvalue weighted by Gasteiger charge is 2.19. The number of aliphatic imine (C=N–C) groups is 1. The van der Waals surface area contributed by atoms with Gasteiger partial charge in [0.05, 0.1) is 6.54 Å². The summed E-state index contributed by atoms with van der Waals surface area (Å²) in [6, 6.07) is 11.6. The maximum atomic E-state index is 13.8. The summed E-state index contributed by atoms with van der Waals surface area (Å²) in [6.07, 6.45) is 1.93. The Morgan fingerprint density at radius 3 is 2.73 bits per heavy atom. The molecule has 160 valence electrons. The summed E-state index contributed by atoms with van der Waals surface area (Å²) in [5.74, 6) is -0.0165. The van der Waals surface area contributed by atoms with Gasteiger partial charge in [0.15, 0.2) is 5.96 Å². The fourth-order valence-electron chi connectivity index (χ4n) is 3.48. The lowest BCUT2D eigenvalue weighted by Gasteiger charge is -2.16. The van der Waals surface area contributed by atoms with E-state index in [9.17, 15) is 13.6 Å². The quantitative estimate of drug-likeness (QED) is 0.514. The van der Waals surface area contributed by atoms with E-state index in [1.165, 1.54) is 6.07 Å². The molecule has 0 saturated carbocycles. The molecule has 1 aliphatic heterocycles. The van der Waals surface area contributed by atoms with Crippen LogP contribution in [0.2, 0.25) is 0 Å². The molecule has 30 heavy (non-hydrogen) atoms. The van der Waals surface area contributed by atoms with Gasteiger partial charge >= 0.3 is 0 Å². The minimum Gasteiger partial charge on any atom is -0.357 e. The normalized spacial score (nSPS) is 14.3. The summed E-state index contributed by atoms with van der Waals surface area (Å²) in [5.41, 5.74) is 2.48. The van der Waals surface area contributed by atoms with Gasteiger partial charge in [-0.2, -0.15) is 0 Å². The number of nitrogens with one attached hydrogen (secondary N) is 2. The van der Waals surface area contributed by atoms with Gasteiger partial charge in [0.2, 0.25) is 5.91 Å². The largest absolute Gasteiger partial charge is 0.357 e. The van der Waals surface area contributed by atoms with E-state index in [2.05, 4.69) is 21.7 Å². The summed E-state index contributed by atoms with van der Waals surface area (Å²) < 4.78 is 27.1. The van der Waals surface area contributed by atoms with Gasteiger partial charge in [0.25, 0.3) is 0 Å². The standard InChI is InChI=1S/C23H28F2N4O/c1-2-26-23(27-11-10-19-14-20(24)8-9-21(19)25)28-15-17-5-3-6-18(13-17)16-29-12-4-7-22(29)30/h3,5-6,8-9,13-14H,2,4,7,10-12,15-16H2,1H3,(H2,26,27,28). The molecule has 5 nitrogen and oxygen atoms in total. The first-order valence-electron chi connectivity index (χ1n) is 10.4. The van der Waals surface area contributed by atoms with Gasteiger partial charge in [-0.3, -0.25) is 4.79 Å². The number of guanidine groups is 1. The summed E-state index contributed by atoms with van der Waals surface area (Å²) in [6.45, 7) is 5.03. The highest BCUT2D eigenvalue weighted by Crippen LogP contribution is 2.15. The van der Waals surface area contributed by atoms with Crippen LogP contribution in [-0.4, -0.2) is 36.4 Å². The van der Waals surface area contributed by atoms with Crippen molar-refractivity contribution in [1.82, 2.24) is 15.5 Å². The van der Waals surface area contributed by atoms with E-state index in [-0.39, 0.29) is 5.91 Å². The number of hydrogen-bond acceptors (Lipinski definition) is 2. The van der Waals surface area contributed by atoms with Crippen LogP contribution < -0.4 is 10.6 Å². The second-order valence-corrected chi connectivity index (χ2v) is 7.35. The van der Waals surface area contributed by atoms with Crippen molar-refractivity contribution in [3.63, 3.8) is 0 Å². The van der Waals surface area contributed by atoms with Crippen molar-refractivity contribution in [3.05, 3.63) is 70.8 Å². The number of carbonyl (C=O) groups is 1. The van der Waals surface area contributed by atoms with Gasteiger partial charge in [-0.1, -0.05) is 24.3 Å². The molecular weight excluding hydrogens is 386 g/mol. The van der Waals surface area contributed by atoms with Crippen molar-refractivity contribution in [2.45, 2.75) is 39.3 Å². The molecule has 0 radical (unpaired) electrons. The highest BCUT2D eigenvalue weighted by atomic mass is 19.1. The van der Waals surface area contributed by atoms with Crippen LogP contribution in [0, 0.1) is 11.6 Å². The van der Waals surface area contributed by atoms with Gasteiger partial charge in [-0.05, 0) is 54.7 Å². The van der Waals surface area contributed by atoms with Crippen molar-refractivity contribution >= 4 is 11.9 Å². The zero-order valence-electron chi connectivity index (χ0n) is 17.3. The minimum absolute atomic E-state index is 0.215. The first-order valence-corrected chi connectivity index (χ1v) is 10.4. The van der Waals surface area contributed by atoms with E-state index in [4.69, 9.17) is 0 Å². The fourth-order valence-corrected chi connectivity index (χ4v) is 3.48. The van der Waals surface area contributed by atoms with Crippen molar-refractivity contribution in [2.75, 3.05) is 19.6 Å². The van der Waals surface area contributed by atoms with E-state index in [0.717, 1.165) is 36.2 Å². The van der Waals surface area contributed by atoms with E-state index < -0.39 is 11.6 Å². The second kappa shape index (κ2) is 10.7. The molecular formula is C23H28F2N4O. The molecule has 0 spiro atoms. The number of halogens is 2. The number of benzene rings is 2. The summed E-state index contributed by atoms with van der Waals surface area (Å²) >= 11 is 0. The summed E-state index contributed by atoms with van der Waals surface area (Å²) in [4.78, 5) is 18.3. The Balaban J connectivity index is 1.56. The topological polar surface area (TPSA) is 56.7 Å². The van der Waals surface area contributed by atoms with Crippen LogP contribution >= 0.6 is 0 Å². The maximum Gasteiger partial charge on any atom is 0.222 e. The maximum absolute atomic E-state index is 13.8. The number of hydrogen-bond donors (Lipinski definition) is 2. The molecule has 7 heteroatoms. The monoisotopic (exact) mass is 414 g/mol. The molecule has 1 fully saturated rings. The van der Waals surface area contributed by atoms with Crippen LogP contribution in [0.3, 0.4) is 0 Å². The van der Waals surface area contributed by atoms with Crippen LogP contribution in [0.4, 0.5) is 8.78 Å². The molecule has 0 bridgehead atoms. The third kappa shape index (κ3) is 6.27. The van der Waals surface area contributed by atoms with E-state index in [0.29, 0.717) is 50.5 Å². The molecule has 1 saturated heterocycles. The van der Waals surface area contributed by atoms with Gasteiger partial charge in [-0.15, -0.1) is 0 Å². The fraction of sp³-hybridized carbons (Fsp3) is 0.391. The molecule has 0 aromatic heterocycles. The lowest BCUT2D eigenvalue weighted by atomic mass is 10.1. The van der Waals surface area contributed by atoms with Crippen molar-refractivity contribution in [3.8, 4) is 0 Å². The summed E-state index contributed by atoms with van der Waals surface area (Å²) in [5, 5.41) is 6.32. The summed E-state index contributed by atoms with van der Waals surface area (Å²) in [7, 11) is 0. The Morgan fingerprint density at radius 2 is 1.97 bits per heavy atom. The zero-order valence-corrected chi connectivity index (χ0v) is 17.3. The van der Waals surface area contributed by atoms with Crippen LogP contribution in [0.25, 0.3) is 0 Å². The van der Waals surface area contributed by atoms with E-state index in [1.54, 1.807) is 0 Å². The van der Waals surface area contributed by atoms with E-state index in [1.807, 2.05) is 30.0 Å². The number of likely N-dealkylation sites (tertiary alicyclic amines) is 1. The Bertz CT molecular complexity index is 901. The number of nitrogens with zero attached hydrogens (tertiary/aromatic N) is 2. The average Bonchev–Trinajstić information content (AvgIpc) is 3.13. The van der Waals surface area contributed by atoms with Crippen LogP contribution in [0.5, 0.6) is 0 Å². The van der Waals surface area contributed by atoms with Crippen LogP contribution in [0.15, 0.2) is 47.5 Å². The number of carbonyl (C=O) groups excluding carboxylic acids is 1. The third-order valence-corrected chi connectivity index (χ3v) is 4.99. The molecule has 2 aromatic carbocycles. The number of rotatable bonds is 8. The Labute approximate surface area is 176 Å². The van der Waals surface area contributed by atoms with Crippen molar-refractivity contribution < 1.29 is 13.6 Å². The third-order valence-electron chi connectivity index (χ3n) is 4.99. The predicted molar refractivity (Wildman–Crippen MR) is 114 cm³/mol. The Morgan fingerprint density at radius 1 is 1.13 bits per heavy atom. The van der Waals surface area contributed by atoms with Crippen molar-refractivity contribution in [1.29, 1.82) is 0 Å². The molecule has 0 atom stereocenters. The molecule has 2 aromatic rings. The Kier molecular flexibility index (Phi) is 7.76. The lowest BCUT2D eigenvalue weighted by molar-refractivity contribution is -0.128. The molecule has 2 N–H and O–H groups in total. The number of amides is 1. The average molecular weight is 415 g/mol. The predicted octanol–water partition coefficient (Wildman–Crippen LogP) is 3.39. The van der Waals surface area contributed by atoms with Crippen molar-refractivity contribution in [2.24, 2.45) is 4.99 Å². The molecule has 1 amide bonds. The smallest absolute Gasteiger partial charge is 0.222 e. The van der Waals surface area contributed by atoms with Gasteiger partial charge < -0.3 is 15.5 Å². The molecule has 3 rings (SSSR count). The second-order valence-electron chi connectivity index (χ2n) is 7.35. The molecule has 1 aliphatic rings. The zero-order chi connectivity index (χ0) is 21.3. The van der Waals surface area contributed by atoms with Gasteiger partial charge in [-0.25, -0.2) is 13.8 Å². The van der Waals surface area contributed by atoms with Crippen LogP contribution in [-0.2, 0) is 24.3 Å². The SMILES string of the molecule is CCNC(=NCc1cccc(CN2CCCC2=O)c1)NCCc1cc(F)ccc1F. The molecule has 1 heterocycles. The van der Waals surface area contributed by atoms with Crippen LogP contribution in [0.1, 0.15) is 36.5 Å². The van der Waals surface area contributed by atoms with Gasteiger partial charge in [0.1, 0.15) is 11.6 Å². The first kappa shape index (κ1) is 21.7.